The van der Waals surface area contributed by atoms with E-state index >= 15 is 0 Å². The zero-order valence-electron chi connectivity index (χ0n) is 13.0. The highest BCUT2D eigenvalue weighted by Gasteiger charge is 2.38. The van der Waals surface area contributed by atoms with Crippen LogP contribution in [0.5, 0.6) is 0 Å². The normalized spacial score (nSPS) is 16.4. The molecule has 0 bridgehead atoms. The summed E-state index contributed by atoms with van der Waals surface area (Å²) in [7, 11) is -1.84. The third-order valence-electron chi connectivity index (χ3n) is 4.18. The molecule has 0 aliphatic heterocycles. The van der Waals surface area contributed by atoms with Gasteiger partial charge in [0.2, 0.25) is 0 Å². The van der Waals surface area contributed by atoms with E-state index in [1.165, 1.54) is 0 Å². The van der Waals surface area contributed by atoms with Crippen LogP contribution in [0.25, 0.3) is 0 Å². The Hall–Kier alpha value is -0.353. The Labute approximate surface area is 113 Å². The molecule has 0 aromatic carbocycles. The summed E-state index contributed by atoms with van der Waals surface area (Å²) >= 11 is 0. The third-order valence-corrected chi connectivity index (χ3v) is 8.69. The van der Waals surface area contributed by atoms with Gasteiger partial charge in [-0.1, -0.05) is 41.0 Å². The van der Waals surface area contributed by atoms with Crippen molar-refractivity contribution < 1.29 is 14.3 Å². The Morgan fingerprint density at radius 2 is 1.83 bits per heavy atom. The molecular weight excluding hydrogens is 244 g/mol. The van der Waals surface area contributed by atoms with Crippen LogP contribution in [0.3, 0.4) is 0 Å². The molecule has 0 saturated carbocycles. The van der Waals surface area contributed by atoms with E-state index in [1.807, 2.05) is 0 Å². The van der Waals surface area contributed by atoms with Crippen LogP contribution in [-0.4, -0.2) is 26.0 Å². The zero-order valence-corrected chi connectivity index (χ0v) is 14.0. The summed E-state index contributed by atoms with van der Waals surface area (Å²) < 4.78 is 6.02. The van der Waals surface area contributed by atoms with Gasteiger partial charge in [0.25, 0.3) is 0 Å². The van der Waals surface area contributed by atoms with Gasteiger partial charge in [0, 0.05) is 6.61 Å². The molecule has 0 saturated heterocycles. The number of rotatable bonds is 7. The van der Waals surface area contributed by atoms with E-state index in [4.69, 9.17) is 4.43 Å². The predicted octanol–water partition coefficient (Wildman–Crippen LogP) is 4.15. The first-order valence-corrected chi connectivity index (χ1v) is 9.78. The average molecular weight is 274 g/mol. The summed E-state index contributed by atoms with van der Waals surface area (Å²) in [6.45, 7) is 15.4. The molecule has 1 N–H and O–H groups in total. The number of aliphatic carboxylic acids is 1. The van der Waals surface area contributed by atoms with Crippen LogP contribution < -0.4 is 0 Å². The van der Waals surface area contributed by atoms with Crippen LogP contribution in [0.1, 0.15) is 47.5 Å². The molecule has 0 amide bonds. The topological polar surface area (TPSA) is 46.5 Å². The first-order chi connectivity index (χ1) is 8.01. The fraction of sp³-hybridized carbons (Fsp3) is 0.929. The summed E-state index contributed by atoms with van der Waals surface area (Å²) in [5, 5.41) is 9.38. The van der Waals surface area contributed by atoms with Crippen molar-refractivity contribution in [3.05, 3.63) is 0 Å². The lowest BCUT2D eigenvalue weighted by Crippen LogP contribution is -2.42. The maximum absolute atomic E-state index is 11.3. The first kappa shape index (κ1) is 17.6. The van der Waals surface area contributed by atoms with Gasteiger partial charge in [-0.2, -0.15) is 0 Å². The van der Waals surface area contributed by atoms with Crippen LogP contribution >= 0.6 is 0 Å². The molecule has 0 spiro atoms. The van der Waals surface area contributed by atoms with Crippen molar-refractivity contribution >= 4 is 14.3 Å². The fourth-order valence-corrected chi connectivity index (χ4v) is 2.47. The second-order valence-corrected chi connectivity index (χ2v) is 11.7. The molecule has 4 heteroatoms. The van der Waals surface area contributed by atoms with Gasteiger partial charge in [-0.15, -0.1) is 0 Å². The number of hydrogen-bond acceptors (Lipinski definition) is 2. The lowest BCUT2D eigenvalue weighted by Gasteiger charge is -2.37. The van der Waals surface area contributed by atoms with Crippen molar-refractivity contribution in [2.24, 2.45) is 11.8 Å². The van der Waals surface area contributed by atoms with Gasteiger partial charge in [0.05, 0.1) is 5.92 Å². The summed E-state index contributed by atoms with van der Waals surface area (Å²) in [5.41, 5.74) is 0. The minimum atomic E-state index is -1.84. The molecule has 0 aliphatic carbocycles. The second kappa shape index (κ2) is 6.71. The molecule has 18 heavy (non-hydrogen) atoms. The molecule has 0 radical (unpaired) electrons. The minimum Gasteiger partial charge on any atom is -0.481 e. The quantitative estimate of drug-likeness (QED) is 0.710. The molecule has 3 nitrogen and oxygen atoms in total. The van der Waals surface area contributed by atoms with Crippen molar-refractivity contribution in [1.82, 2.24) is 0 Å². The van der Waals surface area contributed by atoms with E-state index in [2.05, 4.69) is 47.7 Å². The van der Waals surface area contributed by atoms with Gasteiger partial charge in [0.15, 0.2) is 8.32 Å². The maximum atomic E-state index is 11.3. The van der Waals surface area contributed by atoms with Crippen LogP contribution in [0.2, 0.25) is 18.1 Å². The Bertz CT molecular complexity index is 269. The van der Waals surface area contributed by atoms with Crippen molar-refractivity contribution in [2.45, 2.75) is 65.6 Å². The summed E-state index contributed by atoms with van der Waals surface area (Å²) in [6, 6.07) is 0. The highest BCUT2D eigenvalue weighted by Crippen LogP contribution is 2.37. The highest BCUT2D eigenvalue weighted by atomic mass is 28.4. The van der Waals surface area contributed by atoms with E-state index in [1.54, 1.807) is 0 Å². The van der Waals surface area contributed by atoms with Gasteiger partial charge in [0.1, 0.15) is 0 Å². The number of carboxylic acid groups (broad SMARTS) is 1. The molecule has 0 aromatic heterocycles. The monoisotopic (exact) mass is 274 g/mol. The molecule has 2 atom stereocenters. The first-order valence-electron chi connectivity index (χ1n) is 6.88. The Balaban J connectivity index is 4.50. The molecule has 0 fully saturated rings. The van der Waals surface area contributed by atoms with Gasteiger partial charge in [-0.25, -0.2) is 0 Å². The highest BCUT2D eigenvalue weighted by molar-refractivity contribution is 6.74. The smallest absolute Gasteiger partial charge is 0.308 e. The molecule has 0 rings (SSSR count). The van der Waals surface area contributed by atoms with Crippen LogP contribution in [0, 0.1) is 11.8 Å². The lowest BCUT2D eigenvalue weighted by molar-refractivity contribution is -0.143. The van der Waals surface area contributed by atoms with Crippen molar-refractivity contribution in [1.29, 1.82) is 0 Å². The maximum Gasteiger partial charge on any atom is 0.308 e. The lowest BCUT2D eigenvalue weighted by atomic mass is 9.95. The van der Waals surface area contributed by atoms with Crippen LogP contribution in [-0.2, 0) is 9.22 Å². The number of carbonyl (C=O) groups is 1. The Kier molecular flexibility index (Phi) is 6.58. The fourth-order valence-electron chi connectivity index (χ4n) is 1.42. The molecule has 0 heterocycles. The average Bonchev–Trinajstić information content (AvgIpc) is 2.21. The number of hydrogen-bond donors (Lipinski definition) is 1. The second-order valence-electron chi connectivity index (χ2n) is 6.86. The predicted molar refractivity (Wildman–Crippen MR) is 78.3 cm³/mol. The van der Waals surface area contributed by atoms with E-state index in [0.29, 0.717) is 18.9 Å². The minimum absolute atomic E-state index is 0.131. The molecule has 0 aliphatic rings. The summed E-state index contributed by atoms with van der Waals surface area (Å²) in [6.07, 6.45) is 1.73. The summed E-state index contributed by atoms with van der Waals surface area (Å²) in [5.74, 6) is -0.655. The van der Waals surface area contributed by atoms with Crippen LogP contribution in [0.4, 0.5) is 0 Å². The van der Waals surface area contributed by atoms with E-state index < -0.39 is 14.3 Å². The van der Waals surface area contributed by atoms with Gasteiger partial charge < -0.3 is 9.53 Å². The zero-order chi connectivity index (χ0) is 14.6. The summed E-state index contributed by atoms with van der Waals surface area (Å²) in [4.78, 5) is 11.3. The molecule has 2 unspecified atom stereocenters. The van der Waals surface area contributed by atoms with E-state index in [9.17, 15) is 9.90 Å². The van der Waals surface area contributed by atoms with Crippen molar-refractivity contribution in [3.63, 3.8) is 0 Å². The van der Waals surface area contributed by atoms with Gasteiger partial charge in [-0.3, -0.25) is 4.79 Å². The van der Waals surface area contributed by atoms with Gasteiger partial charge >= 0.3 is 5.97 Å². The van der Waals surface area contributed by atoms with Gasteiger partial charge in [-0.05, 0) is 30.5 Å². The molecular formula is C14H30O3Si. The Morgan fingerprint density at radius 1 is 1.33 bits per heavy atom. The Morgan fingerprint density at radius 3 is 2.17 bits per heavy atom. The van der Waals surface area contributed by atoms with E-state index in [-0.39, 0.29) is 11.0 Å². The van der Waals surface area contributed by atoms with Crippen molar-refractivity contribution in [2.75, 3.05) is 6.61 Å². The van der Waals surface area contributed by atoms with Crippen molar-refractivity contribution in [3.8, 4) is 0 Å². The number of carboxylic acids is 1. The van der Waals surface area contributed by atoms with Crippen LogP contribution in [0.15, 0.2) is 0 Å². The third kappa shape index (κ3) is 5.53. The largest absolute Gasteiger partial charge is 0.481 e. The standard InChI is InChI=1S/C14H30O3Si/c1-8-11(2)9-12(13(15)16)10-17-18(6,7)14(3,4)5/h11-12H,8-10H2,1-7H3,(H,15,16). The molecule has 108 valence electrons. The SMILES string of the molecule is CCC(C)CC(CO[Si](C)(C)C(C)(C)C)C(=O)O. The van der Waals surface area contributed by atoms with E-state index in [0.717, 1.165) is 6.42 Å². The molecule has 0 aromatic rings.